The van der Waals surface area contributed by atoms with Gasteiger partial charge in [0.25, 0.3) is 0 Å². The molecule has 1 atom stereocenters. The molecule has 2 aromatic heterocycles. The molecule has 146 valence electrons. The van der Waals surface area contributed by atoms with E-state index in [9.17, 15) is 4.79 Å². The van der Waals surface area contributed by atoms with Crippen LogP contribution in [0.25, 0.3) is 11.2 Å². The number of fused-ring (bicyclic) bond motifs is 1. The molecule has 0 saturated heterocycles. The van der Waals surface area contributed by atoms with E-state index < -0.39 is 0 Å². The Labute approximate surface area is 168 Å². The highest BCUT2D eigenvalue weighted by Gasteiger charge is 2.20. The van der Waals surface area contributed by atoms with Gasteiger partial charge in [-0.15, -0.1) is 0 Å². The van der Waals surface area contributed by atoms with Crippen LogP contribution >= 0.6 is 0 Å². The Bertz CT molecular complexity index is 1240. The van der Waals surface area contributed by atoms with Gasteiger partial charge in [0, 0.05) is 20.3 Å². The molecular formula is C23H22N4O2. The number of aryl methyl sites for hydroxylation is 1. The topological polar surface area (TPSA) is 61.4 Å². The molecule has 4 aromatic rings. The van der Waals surface area contributed by atoms with Gasteiger partial charge in [-0.25, -0.2) is 4.98 Å². The summed E-state index contributed by atoms with van der Waals surface area (Å²) >= 11 is 0. The maximum atomic E-state index is 13.2. The number of hydrogen-bond acceptors (Lipinski definition) is 4. The van der Waals surface area contributed by atoms with Gasteiger partial charge >= 0.3 is 0 Å². The van der Waals surface area contributed by atoms with E-state index in [2.05, 4.69) is 9.98 Å². The van der Waals surface area contributed by atoms with Crippen molar-refractivity contribution >= 4 is 17.1 Å². The second-order valence-corrected chi connectivity index (χ2v) is 6.84. The van der Waals surface area contributed by atoms with E-state index in [0.29, 0.717) is 11.4 Å². The smallest absolute Gasteiger partial charge is 0.239 e. The lowest BCUT2D eigenvalue weighted by Gasteiger charge is -2.14. The number of para-hydroxylation sites is 1. The minimum Gasteiger partial charge on any atom is -0.457 e. The van der Waals surface area contributed by atoms with Crippen molar-refractivity contribution in [3.05, 3.63) is 84.1 Å². The fraction of sp³-hybridized carbons (Fsp3) is 0.174. The van der Waals surface area contributed by atoms with Crippen LogP contribution in [-0.2, 0) is 7.05 Å². The Kier molecular flexibility index (Phi) is 4.99. The minimum atomic E-state index is -0.354. The van der Waals surface area contributed by atoms with Crippen LogP contribution in [0.3, 0.4) is 0 Å². The molecule has 0 amide bonds. The van der Waals surface area contributed by atoms with Gasteiger partial charge < -0.3 is 9.30 Å². The lowest BCUT2D eigenvalue weighted by Crippen LogP contribution is -2.21. The van der Waals surface area contributed by atoms with Crippen LogP contribution in [0.5, 0.6) is 11.5 Å². The number of carbonyl (C=O) groups is 1. The van der Waals surface area contributed by atoms with Gasteiger partial charge in [-0.3, -0.25) is 14.4 Å². The number of hydrogen-bond donors (Lipinski definition) is 0. The molecule has 4 rings (SSSR count). The summed E-state index contributed by atoms with van der Waals surface area (Å²) < 4.78 is 9.43. The summed E-state index contributed by atoms with van der Waals surface area (Å²) in [6.45, 7) is 1.89. The molecule has 0 fully saturated rings. The van der Waals surface area contributed by atoms with Crippen molar-refractivity contribution in [3.63, 3.8) is 0 Å². The van der Waals surface area contributed by atoms with E-state index in [-0.39, 0.29) is 11.8 Å². The summed E-state index contributed by atoms with van der Waals surface area (Å²) in [6, 6.07) is 19.1. The number of carbonyl (C=O) groups excluding carboxylic acids is 1. The summed E-state index contributed by atoms with van der Waals surface area (Å²) in [6.07, 6.45) is 3.44. The number of rotatable bonds is 4. The SMILES string of the molecule is CN=c1cnc2c(ccn2C(=O)C(C)c2cccc(Oc3ccccc3)c2)n1C. The van der Waals surface area contributed by atoms with E-state index in [1.165, 1.54) is 0 Å². The molecule has 0 aliphatic rings. The van der Waals surface area contributed by atoms with Crippen molar-refractivity contribution in [3.8, 4) is 11.5 Å². The number of benzene rings is 2. The maximum Gasteiger partial charge on any atom is 0.239 e. The predicted octanol–water partition coefficient (Wildman–Crippen LogP) is 4.14. The molecule has 0 aliphatic carbocycles. The molecule has 0 spiro atoms. The molecule has 29 heavy (non-hydrogen) atoms. The zero-order valence-corrected chi connectivity index (χ0v) is 16.6. The summed E-state index contributed by atoms with van der Waals surface area (Å²) in [7, 11) is 3.63. The van der Waals surface area contributed by atoms with Gasteiger partial charge in [0.1, 0.15) is 17.0 Å². The lowest BCUT2D eigenvalue weighted by atomic mass is 10.00. The van der Waals surface area contributed by atoms with Crippen molar-refractivity contribution in [1.29, 1.82) is 0 Å². The Morgan fingerprint density at radius 2 is 1.83 bits per heavy atom. The van der Waals surface area contributed by atoms with Gasteiger partial charge in [0.15, 0.2) is 5.65 Å². The monoisotopic (exact) mass is 386 g/mol. The van der Waals surface area contributed by atoms with Crippen molar-refractivity contribution in [1.82, 2.24) is 14.1 Å². The van der Waals surface area contributed by atoms with Crippen molar-refractivity contribution in [2.45, 2.75) is 12.8 Å². The number of ether oxygens (including phenoxy) is 1. The van der Waals surface area contributed by atoms with E-state index in [1.807, 2.05) is 79.2 Å². The molecule has 0 aliphatic heterocycles. The standard InChI is InChI=1S/C23H22N4O2/c1-16(17-8-7-11-19(14-17)29-18-9-5-4-6-10-18)23(28)27-13-12-20-22(27)25-15-21(24-2)26(20)3/h4-16H,1-3H3. The molecule has 0 radical (unpaired) electrons. The zero-order valence-electron chi connectivity index (χ0n) is 16.6. The van der Waals surface area contributed by atoms with Gasteiger partial charge in [-0.2, -0.15) is 0 Å². The Morgan fingerprint density at radius 3 is 2.59 bits per heavy atom. The zero-order chi connectivity index (χ0) is 20.4. The summed E-state index contributed by atoms with van der Waals surface area (Å²) in [5, 5.41) is 0. The van der Waals surface area contributed by atoms with Gasteiger partial charge in [0.2, 0.25) is 5.91 Å². The molecule has 0 N–H and O–H groups in total. The van der Waals surface area contributed by atoms with Gasteiger partial charge in [-0.05, 0) is 42.8 Å². The van der Waals surface area contributed by atoms with Crippen molar-refractivity contribution in [2.75, 3.05) is 7.05 Å². The average Bonchev–Trinajstić information content (AvgIpc) is 3.19. The normalized spacial score (nSPS) is 12.9. The minimum absolute atomic E-state index is 0.0504. The van der Waals surface area contributed by atoms with Crippen LogP contribution in [0.4, 0.5) is 0 Å². The number of aromatic nitrogens is 3. The summed E-state index contributed by atoms with van der Waals surface area (Å²) in [5.41, 5.74) is 3.11. The second-order valence-electron chi connectivity index (χ2n) is 6.84. The first kappa shape index (κ1) is 18.7. The number of nitrogens with zero attached hydrogens (tertiary/aromatic N) is 4. The van der Waals surface area contributed by atoms with Crippen LogP contribution in [-0.4, -0.2) is 27.1 Å². The highest BCUT2D eigenvalue weighted by atomic mass is 16.5. The van der Waals surface area contributed by atoms with Crippen LogP contribution in [0.15, 0.2) is 78.0 Å². The van der Waals surface area contributed by atoms with Gasteiger partial charge in [-0.1, -0.05) is 30.3 Å². The van der Waals surface area contributed by atoms with Crippen LogP contribution in [0.1, 0.15) is 23.2 Å². The van der Waals surface area contributed by atoms with Gasteiger partial charge in [0.05, 0.1) is 17.6 Å². The van der Waals surface area contributed by atoms with E-state index >= 15 is 0 Å². The van der Waals surface area contributed by atoms with Crippen LogP contribution in [0, 0.1) is 0 Å². The lowest BCUT2D eigenvalue weighted by molar-refractivity contribution is 0.0889. The fourth-order valence-corrected chi connectivity index (χ4v) is 3.34. The Hall–Kier alpha value is -3.67. The molecule has 1 unspecified atom stereocenters. The van der Waals surface area contributed by atoms with E-state index in [0.717, 1.165) is 22.3 Å². The second kappa shape index (κ2) is 7.75. The Morgan fingerprint density at radius 1 is 1.07 bits per heavy atom. The van der Waals surface area contributed by atoms with Crippen molar-refractivity contribution < 1.29 is 9.53 Å². The average molecular weight is 386 g/mol. The summed E-state index contributed by atoms with van der Waals surface area (Å²) in [5.74, 6) is 1.05. The van der Waals surface area contributed by atoms with E-state index in [4.69, 9.17) is 4.74 Å². The highest BCUT2D eigenvalue weighted by molar-refractivity contribution is 5.93. The molecule has 6 nitrogen and oxygen atoms in total. The first-order chi connectivity index (χ1) is 14.1. The maximum absolute atomic E-state index is 13.2. The predicted molar refractivity (Wildman–Crippen MR) is 112 cm³/mol. The molecule has 6 heteroatoms. The molecule has 0 saturated carbocycles. The summed E-state index contributed by atoms with van der Waals surface area (Å²) in [4.78, 5) is 21.8. The molecular weight excluding hydrogens is 364 g/mol. The quantitative estimate of drug-likeness (QED) is 0.530. The largest absolute Gasteiger partial charge is 0.457 e. The van der Waals surface area contributed by atoms with E-state index in [1.54, 1.807) is 24.0 Å². The Balaban J connectivity index is 1.64. The fourth-order valence-electron chi connectivity index (χ4n) is 3.34. The molecule has 0 bridgehead atoms. The van der Waals surface area contributed by atoms with Crippen LogP contribution in [0.2, 0.25) is 0 Å². The van der Waals surface area contributed by atoms with Crippen molar-refractivity contribution in [2.24, 2.45) is 12.0 Å². The third-order valence-electron chi connectivity index (χ3n) is 5.02. The third kappa shape index (κ3) is 3.57. The molecule has 2 heterocycles. The third-order valence-corrected chi connectivity index (χ3v) is 5.02. The first-order valence-electron chi connectivity index (χ1n) is 9.41. The highest BCUT2D eigenvalue weighted by Crippen LogP contribution is 2.27. The van der Waals surface area contributed by atoms with Crippen LogP contribution < -0.4 is 10.2 Å². The first-order valence-corrected chi connectivity index (χ1v) is 9.41. The molecule has 2 aromatic carbocycles.